The topological polar surface area (TPSA) is 47.4 Å². The second-order valence-electron chi connectivity index (χ2n) is 4.97. The van der Waals surface area contributed by atoms with Gasteiger partial charge in [0.25, 0.3) is 5.91 Å². The van der Waals surface area contributed by atoms with Gasteiger partial charge in [-0.1, -0.05) is 17.7 Å². The van der Waals surface area contributed by atoms with Gasteiger partial charge in [0.05, 0.1) is 0 Å². The Balaban J connectivity index is 1.61. The van der Waals surface area contributed by atoms with E-state index in [0.29, 0.717) is 16.5 Å². The maximum Gasteiger partial charge on any atom is 0.274 e. The number of carbonyl (C=O) groups excluding carboxylic acids is 1. The van der Waals surface area contributed by atoms with Crippen molar-refractivity contribution in [3.05, 3.63) is 47.2 Å². The molecule has 5 nitrogen and oxygen atoms in total. The lowest BCUT2D eigenvalue weighted by atomic mass is 10.3. The summed E-state index contributed by atoms with van der Waals surface area (Å²) < 4.78 is 7.18. The van der Waals surface area contributed by atoms with E-state index in [2.05, 4.69) is 5.10 Å². The van der Waals surface area contributed by atoms with Crippen LogP contribution in [0.4, 0.5) is 0 Å². The zero-order chi connectivity index (χ0) is 14.7. The highest BCUT2D eigenvalue weighted by Gasteiger charge is 2.21. The SMILES string of the molecule is O=C(c1ccn(COc2cccc(Cl)c2)n1)N1CCCC1. The summed E-state index contributed by atoms with van der Waals surface area (Å²) in [5.41, 5.74) is 0.464. The van der Waals surface area contributed by atoms with Gasteiger partial charge in [0.1, 0.15) is 5.75 Å². The Bertz CT molecular complexity index is 635. The van der Waals surface area contributed by atoms with Crippen LogP contribution in [-0.2, 0) is 6.73 Å². The van der Waals surface area contributed by atoms with Gasteiger partial charge < -0.3 is 9.64 Å². The van der Waals surface area contributed by atoms with Crippen molar-refractivity contribution >= 4 is 17.5 Å². The third-order valence-corrected chi connectivity index (χ3v) is 3.65. The molecular weight excluding hydrogens is 290 g/mol. The first-order valence-electron chi connectivity index (χ1n) is 6.93. The third-order valence-electron chi connectivity index (χ3n) is 3.41. The average Bonchev–Trinajstić information content (AvgIpc) is 3.16. The predicted molar refractivity (Wildman–Crippen MR) is 79.4 cm³/mol. The van der Waals surface area contributed by atoms with E-state index in [0.717, 1.165) is 25.9 Å². The van der Waals surface area contributed by atoms with Crippen LogP contribution in [0, 0.1) is 0 Å². The summed E-state index contributed by atoms with van der Waals surface area (Å²) in [6, 6.07) is 8.90. The molecular formula is C15H16ClN3O2. The molecule has 1 aromatic heterocycles. The minimum atomic E-state index is -0.00555. The normalized spacial score (nSPS) is 14.4. The summed E-state index contributed by atoms with van der Waals surface area (Å²) in [6.45, 7) is 1.89. The van der Waals surface area contributed by atoms with E-state index in [4.69, 9.17) is 16.3 Å². The molecule has 0 bridgehead atoms. The van der Waals surface area contributed by atoms with Crippen molar-refractivity contribution in [3.63, 3.8) is 0 Å². The molecule has 0 atom stereocenters. The molecule has 1 saturated heterocycles. The van der Waals surface area contributed by atoms with E-state index in [1.165, 1.54) is 0 Å². The molecule has 1 aliphatic rings. The molecule has 2 aromatic rings. The number of rotatable bonds is 4. The monoisotopic (exact) mass is 305 g/mol. The van der Waals surface area contributed by atoms with Crippen LogP contribution in [0.3, 0.4) is 0 Å². The van der Waals surface area contributed by atoms with Crippen LogP contribution in [0.15, 0.2) is 36.5 Å². The van der Waals surface area contributed by atoms with Crippen LogP contribution in [0.1, 0.15) is 23.3 Å². The van der Waals surface area contributed by atoms with Crippen molar-refractivity contribution in [1.82, 2.24) is 14.7 Å². The second kappa shape index (κ2) is 6.18. The highest BCUT2D eigenvalue weighted by Crippen LogP contribution is 2.17. The summed E-state index contributed by atoms with van der Waals surface area (Å²) in [4.78, 5) is 14.0. The molecule has 1 amide bonds. The van der Waals surface area contributed by atoms with Crippen molar-refractivity contribution in [2.24, 2.45) is 0 Å². The Kier molecular flexibility index (Phi) is 4.10. The Morgan fingerprint density at radius 3 is 2.86 bits per heavy atom. The predicted octanol–water partition coefficient (Wildman–Crippen LogP) is 2.81. The molecule has 1 aliphatic heterocycles. The fourth-order valence-corrected chi connectivity index (χ4v) is 2.51. The summed E-state index contributed by atoms with van der Waals surface area (Å²) in [5, 5.41) is 4.88. The molecule has 0 saturated carbocycles. The molecule has 0 radical (unpaired) electrons. The molecule has 0 spiro atoms. The fraction of sp³-hybridized carbons (Fsp3) is 0.333. The smallest absolute Gasteiger partial charge is 0.274 e. The van der Waals surface area contributed by atoms with Crippen molar-refractivity contribution < 1.29 is 9.53 Å². The highest BCUT2D eigenvalue weighted by molar-refractivity contribution is 6.30. The van der Waals surface area contributed by atoms with Crippen LogP contribution in [0.2, 0.25) is 5.02 Å². The molecule has 3 rings (SSSR count). The zero-order valence-corrected chi connectivity index (χ0v) is 12.3. The van der Waals surface area contributed by atoms with Crippen molar-refractivity contribution in [1.29, 1.82) is 0 Å². The minimum Gasteiger partial charge on any atom is -0.471 e. The molecule has 21 heavy (non-hydrogen) atoms. The lowest BCUT2D eigenvalue weighted by Gasteiger charge is -2.12. The van der Waals surface area contributed by atoms with Crippen molar-refractivity contribution in [2.75, 3.05) is 13.1 Å². The highest BCUT2D eigenvalue weighted by atomic mass is 35.5. The van der Waals surface area contributed by atoms with Gasteiger partial charge in [-0.25, -0.2) is 4.68 Å². The number of hydrogen-bond acceptors (Lipinski definition) is 3. The lowest BCUT2D eigenvalue weighted by Crippen LogP contribution is -2.28. The molecule has 6 heteroatoms. The third kappa shape index (κ3) is 3.36. The fourth-order valence-electron chi connectivity index (χ4n) is 2.33. The Morgan fingerprint density at radius 1 is 1.29 bits per heavy atom. The van der Waals surface area contributed by atoms with Gasteiger partial charge in [0.2, 0.25) is 0 Å². The number of halogens is 1. The van der Waals surface area contributed by atoms with Crippen molar-refractivity contribution in [3.8, 4) is 5.75 Å². The summed E-state index contributed by atoms with van der Waals surface area (Å²) in [5.74, 6) is 0.666. The first kappa shape index (κ1) is 13.9. The van der Waals surface area contributed by atoms with Gasteiger partial charge in [0.15, 0.2) is 12.4 Å². The number of ether oxygens (including phenoxy) is 1. The average molecular weight is 306 g/mol. The van der Waals surface area contributed by atoms with E-state index in [9.17, 15) is 4.79 Å². The quantitative estimate of drug-likeness (QED) is 0.872. The molecule has 0 aliphatic carbocycles. The zero-order valence-electron chi connectivity index (χ0n) is 11.5. The number of aromatic nitrogens is 2. The van der Waals surface area contributed by atoms with Gasteiger partial charge in [0, 0.05) is 24.3 Å². The van der Waals surface area contributed by atoms with Crippen molar-refractivity contribution in [2.45, 2.75) is 19.6 Å². The number of likely N-dealkylation sites (tertiary alicyclic amines) is 1. The van der Waals surface area contributed by atoms with Crippen LogP contribution in [0.25, 0.3) is 0 Å². The maximum atomic E-state index is 12.2. The standard InChI is InChI=1S/C15H16ClN3O2/c16-12-4-3-5-13(10-12)21-11-19-9-6-14(17-19)15(20)18-7-1-2-8-18/h3-6,9-10H,1-2,7-8,11H2. The summed E-state index contributed by atoms with van der Waals surface area (Å²) >= 11 is 5.89. The maximum absolute atomic E-state index is 12.2. The lowest BCUT2D eigenvalue weighted by molar-refractivity contribution is 0.0785. The van der Waals surface area contributed by atoms with E-state index in [1.54, 1.807) is 29.1 Å². The molecule has 110 valence electrons. The van der Waals surface area contributed by atoms with Crippen LogP contribution in [-0.4, -0.2) is 33.7 Å². The second-order valence-corrected chi connectivity index (χ2v) is 5.41. The van der Waals surface area contributed by atoms with E-state index >= 15 is 0 Å². The van der Waals surface area contributed by atoms with Crippen LogP contribution in [0.5, 0.6) is 5.75 Å². The van der Waals surface area contributed by atoms with E-state index in [1.807, 2.05) is 17.0 Å². The van der Waals surface area contributed by atoms with E-state index in [-0.39, 0.29) is 12.6 Å². The molecule has 0 unspecified atom stereocenters. The van der Waals surface area contributed by atoms with E-state index < -0.39 is 0 Å². The minimum absolute atomic E-state index is 0.00555. The van der Waals surface area contributed by atoms with Gasteiger partial charge >= 0.3 is 0 Å². The molecule has 1 fully saturated rings. The largest absolute Gasteiger partial charge is 0.471 e. The van der Waals surface area contributed by atoms with Crippen LogP contribution >= 0.6 is 11.6 Å². The Morgan fingerprint density at radius 2 is 2.10 bits per heavy atom. The molecule has 1 aromatic carbocycles. The van der Waals surface area contributed by atoms with Gasteiger partial charge in [-0.05, 0) is 37.1 Å². The van der Waals surface area contributed by atoms with Crippen LogP contribution < -0.4 is 4.74 Å². The first-order valence-corrected chi connectivity index (χ1v) is 7.31. The summed E-state index contributed by atoms with van der Waals surface area (Å²) in [7, 11) is 0. The summed E-state index contributed by atoms with van der Waals surface area (Å²) in [6.07, 6.45) is 3.89. The number of nitrogens with zero attached hydrogens (tertiary/aromatic N) is 3. The number of amides is 1. The van der Waals surface area contributed by atoms with Gasteiger partial charge in [-0.15, -0.1) is 0 Å². The van der Waals surface area contributed by atoms with Gasteiger partial charge in [-0.2, -0.15) is 5.10 Å². The number of hydrogen-bond donors (Lipinski definition) is 0. The van der Waals surface area contributed by atoms with Gasteiger partial charge in [-0.3, -0.25) is 4.79 Å². The Labute approximate surface area is 128 Å². The molecule has 0 N–H and O–H groups in total. The number of carbonyl (C=O) groups is 1. The Hall–Kier alpha value is -2.01. The molecule has 2 heterocycles. The number of benzene rings is 1. The first-order chi connectivity index (χ1) is 10.2.